The van der Waals surface area contributed by atoms with Crippen LogP contribution in [0.3, 0.4) is 0 Å². The Hall–Kier alpha value is -0.0400. The van der Waals surface area contributed by atoms with Gasteiger partial charge in [0.25, 0.3) is 0 Å². The van der Waals surface area contributed by atoms with Crippen molar-refractivity contribution in [2.75, 3.05) is 0 Å². The Morgan fingerprint density at radius 3 is 1.53 bits per heavy atom. The molecule has 0 aliphatic rings. The average Bonchev–Trinajstić information content (AvgIpc) is 2.34. The van der Waals surface area contributed by atoms with E-state index in [2.05, 4.69) is 19.6 Å². The lowest BCUT2D eigenvalue weighted by atomic mass is 10.0. The van der Waals surface area contributed by atoms with E-state index in [4.69, 9.17) is 0 Å². The topological polar surface area (TPSA) is 27.6 Å². The fraction of sp³-hybridized carbons (Fsp3) is 1.00. The summed E-state index contributed by atoms with van der Waals surface area (Å²) in [6.07, 6.45) is 18.3. The molecule has 0 rings (SSSR count). The summed E-state index contributed by atoms with van der Waals surface area (Å²) in [4.78, 5) is 0. The van der Waals surface area contributed by atoms with E-state index < -0.39 is 0 Å². The van der Waals surface area contributed by atoms with Crippen LogP contribution < -0.4 is 5.73 Å². The number of rotatable bonds is 13. The third-order valence-corrected chi connectivity index (χ3v) is 3.68. The second-order valence-electron chi connectivity index (χ2n) is 5.63. The highest BCUT2D eigenvalue weighted by Gasteiger charge is 2.04. The van der Waals surface area contributed by atoms with E-state index in [1.807, 2.05) is 0 Å². The Morgan fingerprint density at radius 1 is 0.588 bits per heavy atom. The van der Waals surface area contributed by atoms with Crippen molar-refractivity contribution in [1.29, 1.82) is 0 Å². The fourth-order valence-electron chi connectivity index (χ4n) is 2.38. The molecule has 0 aromatic carbocycles. The Balaban J connectivity index is 3.02. The highest BCUT2D eigenvalue weighted by Crippen LogP contribution is 2.11. The van der Waals surface area contributed by atoms with Gasteiger partial charge in [0.2, 0.25) is 0 Å². The molecular weight excluding hydrogens is 206 g/mol. The third kappa shape index (κ3) is 13.9. The van der Waals surface area contributed by atoms with E-state index in [1.165, 1.54) is 83.5 Å². The maximum Gasteiger partial charge on any atom is 0.0843 e. The van der Waals surface area contributed by atoms with Crippen LogP contribution >= 0.6 is 0 Å². The minimum Gasteiger partial charge on any atom is -0.355 e. The maximum absolute atomic E-state index is 4.24. The molecule has 0 heterocycles. The van der Waals surface area contributed by atoms with Crippen molar-refractivity contribution in [3.63, 3.8) is 0 Å². The van der Waals surface area contributed by atoms with Gasteiger partial charge in [-0.25, -0.2) is 0 Å². The van der Waals surface area contributed by atoms with Crippen LogP contribution in [0.5, 0.6) is 0 Å². The molecule has 1 unspecified atom stereocenters. The molecule has 0 fully saturated rings. The summed E-state index contributed by atoms with van der Waals surface area (Å²) in [5, 5.41) is 0. The summed E-state index contributed by atoms with van der Waals surface area (Å²) in [7, 11) is 0. The van der Waals surface area contributed by atoms with Gasteiger partial charge in [-0.15, -0.1) is 0 Å². The molecule has 1 atom stereocenters. The zero-order valence-corrected chi connectivity index (χ0v) is 12.5. The first-order chi connectivity index (χ1) is 8.31. The molecular formula is C16H36N+. The van der Waals surface area contributed by atoms with Crippen LogP contribution in [-0.2, 0) is 0 Å². The zero-order valence-electron chi connectivity index (χ0n) is 12.5. The van der Waals surface area contributed by atoms with Gasteiger partial charge < -0.3 is 5.73 Å². The summed E-state index contributed by atoms with van der Waals surface area (Å²) < 4.78 is 0. The Morgan fingerprint density at radius 2 is 1.00 bits per heavy atom. The summed E-state index contributed by atoms with van der Waals surface area (Å²) in [6, 6.07) is 0.722. The SMILES string of the molecule is CCCCCCCCCCCC([NH3+])CCCC. The smallest absolute Gasteiger partial charge is 0.0843 e. The van der Waals surface area contributed by atoms with E-state index >= 15 is 0 Å². The van der Waals surface area contributed by atoms with Crippen LogP contribution in [0.4, 0.5) is 0 Å². The number of hydrogen-bond donors (Lipinski definition) is 1. The molecule has 0 saturated carbocycles. The standard InChI is InChI=1S/C16H35N/c1-3-5-7-8-9-10-11-12-13-15-16(17)14-6-4-2/h16H,3-15,17H2,1-2H3/p+1. The van der Waals surface area contributed by atoms with Crippen LogP contribution in [0, 0.1) is 0 Å². The predicted molar refractivity (Wildman–Crippen MR) is 78.0 cm³/mol. The number of quaternary nitrogens is 1. The van der Waals surface area contributed by atoms with E-state index in [-0.39, 0.29) is 0 Å². The molecule has 0 bridgehead atoms. The van der Waals surface area contributed by atoms with Crippen LogP contribution in [-0.4, -0.2) is 6.04 Å². The second-order valence-corrected chi connectivity index (χ2v) is 5.63. The van der Waals surface area contributed by atoms with Gasteiger partial charge in [-0.2, -0.15) is 0 Å². The van der Waals surface area contributed by atoms with Crippen LogP contribution in [0.2, 0.25) is 0 Å². The molecule has 0 aromatic heterocycles. The summed E-state index contributed by atoms with van der Waals surface area (Å²) in [5.41, 5.74) is 4.24. The third-order valence-electron chi connectivity index (χ3n) is 3.68. The molecule has 1 nitrogen and oxygen atoms in total. The van der Waals surface area contributed by atoms with Gasteiger partial charge in [0.15, 0.2) is 0 Å². The summed E-state index contributed by atoms with van der Waals surface area (Å²) in [5.74, 6) is 0. The number of unbranched alkanes of at least 4 members (excludes halogenated alkanes) is 9. The molecule has 1 heteroatoms. The first kappa shape index (κ1) is 17.0. The first-order valence-electron chi connectivity index (χ1n) is 8.14. The maximum atomic E-state index is 4.24. The highest BCUT2D eigenvalue weighted by atomic mass is 14.6. The van der Waals surface area contributed by atoms with Crippen molar-refractivity contribution < 1.29 is 5.73 Å². The normalized spacial score (nSPS) is 12.9. The molecule has 0 radical (unpaired) electrons. The van der Waals surface area contributed by atoms with Gasteiger partial charge in [0.1, 0.15) is 0 Å². The molecule has 104 valence electrons. The average molecular weight is 242 g/mol. The monoisotopic (exact) mass is 242 g/mol. The van der Waals surface area contributed by atoms with Crippen molar-refractivity contribution >= 4 is 0 Å². The molecule has 0 aliphatic heterocycles. The van der Waals surface area contributed by atoms with Gasteiger partial charge in [-0.05, 0) is 25.7 Å². The largest absolute Gasteiger partial charge is 0.355 e. The fourth-order valence-corrected chi connectivity index (χ4v) is 2.38. The lowest BCUT2D eigenvalue weighted by Gasteiger charge is -2.07. The summed E-state index contributed by atoms with van der Waals surface area (Å²) >= 11 is 0. The van der Waals surface area contributed by atoms with E-state index in [9.17, 15) is 0 Å². The Bertz CT molecular complexity index is 133. The quantitative estimate of drug-likeness (QED) is 0.453. The van der Waals surface area contributed by atoms with Gasteiger partial charge in [-0.3, -0.25) is 0 Å². The molecule has 0 spiro atoms. The van der Waals surface area contributed by atoms with Crippen molar-refractivity contribution in [2.45, 2.75) is 103 Å². The highest BCUT2D eigenvalue weighted by molar-refractivity contribution is 4.55. The summed E-state index contributed by atoms with van der Waals surface area (Å²) in [6.45, 7) is 4.55. The minimum absolute atomic E-state index is 0.722. The van der Waals surface area contributed by atoms with Crippen molar-refractivity contribution in [3.05, 3.63) is 0 Å². The number of hydrogen-bond acceptors (Lipinski definition) is 0. The predicted octanol–water partition coefficient (Wildman–Crippen LogP) is 4.71. The van der Waals surface area contributed by atoms with E-state index in [1.54, 1.807) is 0 Å². The van der Waals surface area contributed by atoms with Crippen LogP contribution in [0.15, 0.2) is 0 Å². The molecule has 17 heavy (non-hydrogen) atoms. The molecule has 0 amide bonds. The molecule has 0 aliphatic carbocycles. The Kier molecular flexibility index (Phi) is 14.0. The van der Waals surface area contributed by atoms with Gasteiger partial charge in [-0.1, -0.05) is 71.6 Å². The van der Waals surface area contributed by atoms with Crippen LogP contribution in [0.25, 0.3) is 0 Å². The lowest BCUT2D eigenvalue weighted by Crippen LogP contribution is -2.60. The van der Waals surface area contributed by atoms with Gasteiger partial charge in [0, 0.05) is 0 Å². The molecule has 0 saturated heterocycles. The first-order valence-corrected chi connectivity index (χ1v) is 8.14. The molecule has 0 aromatic rings. The van der Waals surface area contributed by atoms with Crippen molar-refractivity contribution in [1.82, 2.24) is 0 Å². The van der Waals surface area contributed by atoms with Crippen molar-refractivity contribution in [2.24, 2.45) is 0 Å². The Labute approximate surface area is 110 Å². The van der Waals surface area contributed by atoms with Crippen LogP contribution in [0.1, 0.15) is 97.3 Å². The second kappa shape index (κ2) is 14.0. The lowest BCUT2D eigenvalue weighted by molar-refractivity contribution is -0.423. The van der Waals surface area contributed by atoms with E-state index in [0.717, 1.165) is 6.04 Å². The van der Waals surface area contributed by atoms with Crippen molar-refractivity contribution in [3.8, 4) is 0 Å². The minimum atomic E-state index is 0.722. The van der Waals surface area contributed by atoms with Gasteiger partial charge in [0.05, 0.1) is 6.04 Å². The molecule has 3 N–H and O–H groups in total. The van der Waals surface area contributed by atoms with E-state index in [0.29, 0.717) is 0 Å². The van der Waals surface area contributed by atoms with Gasteiger partial charge >= 0.3 is 0 Å². The zero-order chi connectivity index (χ0) is 12.8.